The first-order valence-corrected chi connectivity index (χ1v) is 4.27. The maximum atomic E-state index is 8.95. The topological polar surface area (TPSA) is 20.2 Å². The van der Waals surface area contributed by atoms with E-state index in [-0.39, 0.29) is 6.61 Å². The van der Waals surface area contributed by atoms with Crippen molar-refractivity contribution < 1.29 is 5.11 Å². The highest BCUT2D eigenvalue weighted by molar-refractivity contribution is 6.31. The number of hydrogen-bond acceptors (Lipinski definition) is 1. The van der Waals surface area contributed by atoms with E-state index in [0.717, 1.165) is 11.5 Å². The summed E-state index contributed by atoms with van der Waals surface area (Å²) in [6.07, 6.45) is 5.31. The molecule has 0 amide bonds. The van der Waals surface area contributed by atoms with Gasteiger partial charge in [0.15, 0.2) is 0 Å². The molecule has 0 unspecified atom stereocenters. The van der Waals surface area contributed by atoms with E-state index in [1.54, 1.807) is 6.07 Å². The van der Waals surface area contributed by atoms with Crippen molar-refractivity contribution in [3.05, 3.63) is 40.3 Å². The van der Waals surface area contributed by atoms with E-state index in [9.17, 15) is 0 Å². The Balaban J connectivity index is 3.22. The Bertz CT molecular complexity index is 338. The highest BCUT2D eigenvalue weighted by atomic mass is 35.5. The third-order valence-electron chi connectivity index (χ3n) is 1.85. The summed E-state index contributed by atoms with van der Waals surface area (Å²) in [6.45, 7) is 1.82. The minimum atomic E-state index is -0.00494. The monoisotopic (exact) mass is 193 g/mol. The zero-order chi connectivity index (χ0) is 9.84. The van der Waals surface area contributed by atoms with Crippen LogP contribution in [0.25, 0.3) is 0 Å². The SMILES string of the molecule is C#Cc1c(Cl)cccc1[C](C)CO. The first kappa shape index (κ1) is 10.1. The first-order chi connectivity index (χ1) is 6.20. The largest absolute Gasteiger partial charge is 0.395 e. The number of terminal acetylenes is 1. The molecule has 0 aliphatic rings. The molecular weight excluding hydrogens is 184 g/mol. The van der Waals surface area contributed by atoms with Crippen LogP contribution in [0.5, 0.6) is 0 Å². The predicted molar refractivity (Wildman–Crippen MR) is 54.5 cm³/mol. The fraction of sp³-hybridized carbons (Fsp3) is 0.182. The number of rotatable bonds is 2. The number of halogens is 1. The molecule has 0 aromatic heterocycles. The average Bonchev–Trinajstić information content (AvgIpc) is 2.16. The van der Waals surface area contributed by atoms with E-state index in [4.69, 9.17) is 23.1 Å². The Morgan fingerprint density at radius 3 is 2.85 bits per heavy atom. The molecular formula is C11H10ClO. The summed E-state index contributed by atoms with van der Waals surface area (Å²) in [6, 6.07) is 5.41. The van der Waals surface area contributed by atoms with Crippen LogP contribution < -0.4 is 0 Å². The van der Waals surface area contributed by atoms with Crippen molar-refractivity contribution in [3.63, 3.8) is 0 Å². The molecule has 0 bridgehead atoms. The highest BCUT2D eigenvalue weighted by Crippen LogP contribution is 2.24. The first-order valence-electron chi connectivity index (χ1n) is 3.89. The molecule has 0 aliphatic heterocycles. The van der Waals surface area contributed by atoms with Crippen molar-refractivity contribution in [2.75, 3.05) is 6.61 Å². The van der Waals surface area contributed by atoms with Crippen LogP contribution in [0.1, 0.15) is 18.1 Å². The summed E-state index contributed by atoms with van der Waals surface area (Å²) in [5, 5.41) is 9.50. The zero-order valence-corrected chi connectivity index (χ0v) is 8.10. The van der Waals surface area contributed by atoms with Gasteiger partial charge in [0, 0.05) is 11.5 Å². The van der Waals surface area contributed by atoms with Crippen molar-refractivity contribution >= 4 is 11.6 Å². The standard InChI is InChI=1S/C11H10ClO/c1-3-9-10(8(2)7-13)5-4-6-11(9)12/h1,4-6,13H,7H2,2H3. The third-order valence-corrected chi connectivity index (χ3v) is 2.17. The van der Waals surface area contributed by atoms with Crippen LogP contribution in [0.4, 0.5) is 0 Å². The van der Waals surface area contributed by atoms with Gasteiger partial charge in [-0.3, -0.25) is 0 Å². The number of aliphatic hydroxyl groups excluding tert-OH is 1. The fourth-order valence-electron chi connectivity index (χ4n) is 1.11. The van der Waals surface area contributed by atoms with Crippen molar-refractivity contribution in [1.29, 1.82) is 0 Å². The van der Waals surface area contributed by atoms with Crippen LogP contribution in [0.3, 0.4) is 0 Å². The maximum Gasteiger partial charge on any atom is 0.0565 e. The minimum absolute atomic E-state index is 0.00494. The van der Waals surface area contributed by atoms with Crippen LogP contribution >= 0.6 is 11.6 Å². The molecule has 67 valence electrons. The summed E-state index contributed by atoms with van der Waals surface area (Å²) in [5.41, 5.74) is 1.49. The molecule has 0 fully saturated rings. The lowest BCUT2D eigenvalue weighted by Crippen LogP contribution is -2.02. The van der Waals surface area contributed by atoms with E-state index in [2.05, 4.69) is 5.92 Å². The average molecular weight is 194 g/mol. The van der Waals surface area contributed by atoms with Gasteiger partial charge in [0.1, 0.15) is 0 Å². The molecule has 1 N–H and O–H groups in total. The zero-order valence-electron chi connectivity index (χ0n) is 7.34. The molecule has 0 saturated carbocycles. The number of benzene rings is 1. The summed E-state index contributed by atoms with van der Waals surface area (Å²) in [7, 11) is 0. The van der Waals surface area contributed by atoms with Crippen LogP contribution in [-0.4, -0.2) is 11.7 Å². The Morgan fingerprint density at radius 2 is 2.31 bits per heavy atom. The molecule has 1 rings (SSSR count). The lowest BCUT2D eigenvalue weighted by Gasteiger charge is -2.10. The molecule has 0 saturated heterocycles. The molecule has 0 spiro atoms. The van der Waals surface area contributed by atoms with Gasteiger partial charge in [-0.15, -0.1) is 6.42 Å². The lowest BCUT2D eigenvalue weighted by molar-refractivity contribution is 0.315. The molecule has 1 nitrogen and oxygen atoms in total. The predicted octanol–water partition coefficient (Wildman–Crippen LogP) is 2.26. The van der Waals surface area contributed by atoms with E-state index in [1.807, 2.05) is 19.1 Å². The molecule has 0 aliphatic carbocycles. The molecule has 1 aromatic carbocycles. The summed E-state index contributed by atoms with van der Waals surface area (Å²) in [5.74, 6) is 3.34. The summed E-state index contributed by atoms with van der Waals surface area (Å²) < 4.78 is 0. The molecule has 13 heavy (non-hydrogen) atoms. The Morgan fingerprint density at radius 1 is 1.62 bits per heavy atom. The normalized spacial score (nSPS) is 10.1. The van der Waals surface area contributed by atoms with E-state index in [0.29, 0.717) is 10.6 Å². The van der Waals surface area contributed by atoms with Crippen molar-refractivity contribution in [1.82, 2.24) is 0 Å². The van der Waals surface area contributed by atoms with Gasteiger partial charge in [0.05, 0.1) is 11.6 Å². The Hall–Kier alpha value is -0.970. The third kappa shape index (κ3) is 2.03. The minimum Gasteiger partial charge on any atom is -0.395 e. The van der Waals surface area contributed by atoms with Gasteiger partial charge >= 0.3 is 0 Å². The van der Waals surface area contributed by atoms with Gasteiger partial charge in [-0.2, -0.15) is 0 Å². The maximum absolute atomic E-state index is 8.95. The van der Waals surface area contributed by atoms with Gasteiger partial charge in [-0.1, -0.05) is 36.6 Å². The van der Waals surface area contributed by atoms with Crippen molar-refractivity contribution in [3.8, 4) is 12.3 Å². The molecule has 1 aromatic rings. The van der Waals surface area contributed by atoms with E-state index < -0.39 is 0 Å². The Kier molecular flexibility index (Phi) is 3.36. The molecule has 0 heterocycles. The van der Waals surface area contributed by atoms with Crippen LogP contribution in [0.15, 0.2) is 18.2 Å². The second-order valence-corrected chi connectivity index (χ2v) is 3.15. The Labute approximate surface area is 83.4 Å². The molecule has 2 heteroatoms. The van der Waals surface area contributed by atoms with Crippen LogP contribution in [0, 0.1) is 18.3 Å². The smallest absolute Gasteiger partial charge is 0.0565 e. The number of aliphatic hydroxyl groups is 1. The van der Waals surface area contributed by atoms with Crippen molar-refractivity contribution in [2.24, 2.45) is 0 Å². The van der Waals surface area contributed by atoms with Crippen LogP contribution in [0.2, 0.25) is 5.02 Å². The number of hydrogen-bond donors (Lipinski definition) is 1. The lowest BCUT2D eigenvalue weighted by atomic mass is 9.97. The fourth-order valence-corrected chi connectivity index (χ4v) is 1.34. The van der Waals surface area contributed by atoms with Gasteiger partial charge < -0.3 is 5.11 Å². The van der Waals surface area contributed by atoms with Gasteiger partial charge in [-0.05, 0) is 11.6 Å². The molecule has 0 atom stereocenters. The quantitative estimate of drug-likeness (QED) is 0.715. The second-order valence-electron chi connectivity index (χ2n) is 2.75. The highest BCUT2D eigenvalue weighted by Gasteiger charge is 2.10. The summed E-state index contributed by atoms with van der Waals surface area (Å²) in [4.78, 5) is 0. The van der Waals surface area contributed by atoms with Gasteiger partial charge in [0.2, 0.25) is 0 Å². The van der Waals surface area contributed by atoms with Gasteiger partial charge in [-0.25, -0.2) is 0 Å². The second kappa shape index (κ2) is 4.32. The van der Waals surface area contributed by atoms with Crippen molar-refractivity contribution in [2.45, 2.75) is 6.92 Å². The van der Waals surface area contributed by atoms with E-state index >= 15 is 0 Å². The summed E-state index contributed by atoms with van der Waals surface area (Å²) >= 11 is 5.89. The van der Waals surface area contributed by atoms with Crippen LogP contribution in [-0.2, 0) is 0 Å². The van der Waals surface area contributed by atoms with Gasteiger partial charge in [0.25, 0.3) is 0 Å². The van der Waals surface area contributed by atoms with E-state index in [1.165, 1.54) is 0 Å². The molecule has 1 radical (unpaired) electrons.